The van der Waals surface area contributed by atoms with E-state index in [2.05, 4.69) is 6.92 Å². The fourth-order valence-electron chi connectivity index (χ4n) is 3.22. The Morgan fingerprint density at radius 2 is 1.67 bits per heavy atom. The first-order valence-corrected chi connectivity index (χ1v) is 10.7. The van der Waals surface area contributed by atoms with E-state index in [0.29, 0.717) is 13.2 Å². The third-order valence-electron chi connectivity index (χ3n) is 5.04. The Balaban J connectivity index is 1.88. The number of aliphatic hydroxyl groups is 4. The summed E-state index contributed by atoms with van der Waals surface area (Å²) in [6.07, 6.45) is -2.79. The molecular weight excluding hydrogens is 392 g/mol. The monoisotopic (exact) mass is 428 g/mol. The highest BCUT2D eigenvalue weighted by Crippen LogP contribution is 2.23. The molecule has 0 saturated carbocycles. The number of aliphatic hydroxyl groups excluding tert-OH is 4. The van der Waals surface area contributed by atoms with Crippen LogP contribution in [0.25, 0.3) is 0 Å². The lowest BCUT2D eigenvalue weighted by Gasteiger charge is -2.40. The molecule has 1 aliphatic heterocycles. The second kappa shape index (κ2) is 14.1. The smallest absolute Gasteiger partial charge is 0.187 e. The molecule has 8 heteroatoms. The van der Waals surface area contributed by atoms with E-state index in [1.165, 1.54) is 0 Å². The van der Waals surface area contributed by atoms with E-state index in [0.717, 1.165) is 31.2 Å². The number of hydrogen-bond donors (Lipinski definition) is 4. The standard InChI is InChI=1S/C22H36O8/c1-2-3-4-8-11-27-14-17(15-28-13-16-9-6-5-7-10-16)29-22-21(26)20(25)19(24)18(12-23)30-22/h5-7,9-10,17-26H,2-4,8,11-15H2,1H3/t17-,18-,19-,20+,21-,22-/m1/s1. The molecule has 0 amide bonds. The van der Waals surface area contributed by atoms with Crippen LogP contribution in [0.5, 0.6) is 0 Å². The largest absolute Gasteiger partial charge is 0.394 e. The lowest BCUT2D eigenvalue weighted by atomic mass is 9.99. The molecule has 1 aromatic carbocycles. The first-order valence-electron chi connectivity index (χ1n) is 10.7. The van der Waals surface area contributed by atoms with Crippen LogP contribution in [0.15, 0.2) is 30.3 Å². The third-order valence-corrected chi connectivity index (χ3v) is 5.04. The topological polar surface area (TPSA) is 118 Å². The minimum Gasteiger partial charge on any atom is -0.394 e. The van der Waals surface area contributed by atoms with Crippen molar-refractivity contribution in [1.29, 1.82) is 0 Å². The molecule has 1 aliphatic rings. The summed E-state index contributed by atoms with van der Waals surface area (Å²) in [5.74, 6) is 0. The fraction of sp³-hybridized carbons (Fsp3) is 0.727. The van der Waals surface area contributed by atoms with E-state index in [-0.39, 0.29) is 13.2 Å². The van der Waals surface area contributed by atoms with Gasteiger partial charge in [0.05, 0.1) is 26.4 Å². The Bertz CT molecular complexity index is 555. The molecule has 4 N–H and O–H groups in total. The molecule has 0 radical (unpaired) electrons. The average molecular weight is 429 g/mol. The minimum absolute atomic E-state index is 0.193. The Kier molecular flexibility index (Phi) is 11.8. The van der Waals surface area contributed by atoms with Crippen molar-refractivity contribution in [2.24, 2.45) is 0 Å². The van der Waals surface area contributed by atoms with E-state index >= 15 is 0 Å². The van der Waals surface area contributed by atoms with Crippen LogP contribution >= 0.6 is 0 Å². The second-order valence-corrected chi connectivity index (χ2v) is 7.59. The van der Waals surface area contributed by atoms with Gasteiger partial charge in [0.1, 0.15) is 30.5 Å². The van der Waals surface area contributed by atoms with Crippen molar-refractivity contribution in [3.05, 3.63) is 35.9 Å². The Hall–Kier alpha value is -1.10. The second-order valence-electron chi connectivity index (χ2n) is 7.59. The van der Waals surface area contributed by atoms with E-state index in [9.17, 15) is 20.4 Å². The number of hydrogen-bond acceptors (Lipinski definition) is 8. The summed E-state index contributed by atoms with van der Waals surface area (Å²) in [6.45, 7) is 3.05. The summed E-state index contributed by atoms with van der Waals surface area (Å²) in [4.78, 5) is 0. The summed E-state index contributed by atoms with van der Waals surface area (Å²) in [6, 6.07) is 9.70. The van der Waals surface area contributed by atoms with Gasteiger partial charge in [0.25, 0.3) is 0 Å². The molecule has 30 heavy (non-hydrogen) atoms. The van der Waals surface area contributed by atoms with Crippen molar-refractivity contribution >= 4 is 0 Å². The zero-order valence-electron chi connectivity index (χ0n) is 17.6. The van der Waals surface area contributed by atoms with Crippen molar-refractivity contribution < 1.29 is 39.4 Å². The van der Waals surface area contributed by atoms with Gasteiger partial charge in [-0.2, -0.15) is 0 Å². The summed E-state index contributed by atoms with van der Waals surface area (Å²) < 4.78 is 22.7. The number of unbranched alkanes of at least 4 members (excludes halogenated alkanes) is 3. The Morgan fingerprint density at radius 1 is 0.933 bits per heavy atom. The van der Waals surface area contributed by atoms with Gasteiger partial charge in [-0.3, -0.25) is 0 Å². The van der Waals surface area contributed by atoms with Crippen LogP contribution in [-0.4, -0.2) is 83.7 Å². The molecular formula is C22H36O8. The van der Waals surface area contributed by atoms with Gasteiger partial charge in [-0.25, -0.2) is 0 Å². The maximum absolute atomic E-state index is 10.2. The SMILES string of the molecule is CCCCCCOC[C@H](COCc1ccccc1)O[C@@H]1O[C@H](CO)[C@@H](O)[C@H](O)[C@H]1O. The molecule has 172 valence electrons. The predicted molar refractivity (Wildman–Crippen MR) is 110 cm³/mol. The van der Waals surface area contributed by atoms with E-state index < -0.39 is 43.4 Å². The first kappa shape index (κ1) is 25.2. The van der Waals surface area contributed by atoms with Gasteiger partial charge in [-0.1, -0.05) is 56.5 Å². The van der Waals surface area contributed by atoms with Crippen LogP contribution in [-0.2, 0) is 25.6 Å². The van der Waals surface area contributed by atoms with E-state index in [1.807, 2.05) is 30.3 Å². The Labute approximate surface area is 178 Å². The molecule has 1 saturated heterocycles. The van der Waals surface area contributed by atoms with Gasteiger partial charge in [-0.15, -0.1) is 0 Å². The van der Waals surface area contributed by atoms with Crippen LogP contribution in [0.1, 0.15) is 38.2 Å². The van der Waals surface area contributed by atoms with E-state index in [4.69, 9.17) is 18.9 Å². The average Bonchev–Trinajstić information content (AvgIpc) is 2.76. The van der Waals surface area contributed by atoms with Crippen molar-refractivity contribution in [2.75, 3.05) is 26.4 Å². The summed E-state index contributed by atoms with van der Waals surface area (Å²) in [5.41, 5.74) is 1.02. The lowest BCUT2D eigenvalue weighted by Crippen LogP contribution is -2.60. The maximum atomic E-state index is 10.2. The van der Waals surface area contributed by atoms with E-state index in [1.54, 1.807) is 0 Å². The highest BCUT2D eigenvalue weighted by molar-refractivity contribution is 5.13. The van der Waals surface area contributed by atoms with Crippen LogP contribution in [0.3, 0.4) is 0 Å². The van der Waals surface area contributed by atoms with Crippen molar-refractivity contribution in [1.82, 2.24) is 0 Å². The highest BCUT2D eigenvalue weighted by atomic mass is 16.7. The summed E-state index contributed by atoms with van der Waals surface area (Å²) >= 11 is 0. The quantitative estimate of drug-likeness (QED) is 0.324. The van der Waals surface area contributed by atoms with Gasteiger partial charge in [0.2, 0.25) is 0 Å². The van der Waals surface area contributed by atoms with Gasteiger partial charge in [0.15, 0.2) is 6.29 Å². The van der Waals surface area contributed by atoms with Gasteiger partial charge < -0.3 is 39.4 Å². The van der Waals surface area contributed by atoms with Crippen LogP contribution in [0, 0.1) is 0 Å². The lowest BCUT2D eigenvalue weighted by molar-refractivity contribution is -0.316. The molecule has 0 aliphatic carbocycles. The molecule has 1 fully saturated rings. The molecule has 8 nitrogen and oxygen atoms in total. The number of ether oxygens (including phenoxy) is 4. The Morgan fingerprint density at radius 3 is 2.37 bits per heavy atom. The number of rotatable bonds is 14. The zero-order valence-corrected chi connectivity index (χ0v) is 17.6. The maximum Gasteiger partial charge on any atom is 0.187 e. The fourth-order valence-corrected chi connectivity index (χ4v) is 3.22. The molecule has 2 rings (SSSR count). The highest BCUT2D eigenvalue weighted by Gasteiger charge is 2.44. The predicted octanol–water partition coefficient (Wildman–Crippen LogP) is 0.985. The first-order chi connectivity index (χ1) is 14.6. The van der Waals surface area contributed by atoms with Crippen molar-refractivity contribution in [2.45, 2.75) is 76.0 Å². The third kappa shape index (κ3) is 8.20. The van der Waals surface area contributed by atoms with Crippen LogP contribution in [0.2, 0.25) is 0 Å². The normalized spacial score (nSPS) is 27.8. The summed E-state index contributed by atoms with van der Waals surface area (Å²) in [5, 5.41) is 39.5. The zero-order chi connectivity index (χ0) is 21.8. The van der Waals surface area contributed by atoms with Gasteiger partial charge in [0, 0.05) is 6.61 Å². The molecule has 6 atom stereocenters. The van der Waals surface area contributed by atoms with Gasteiger partial charge >= 0.3 is 0 Å². The number of benzene rings is 1. The van der Waals surface area contributed by atoms with Crippen LogP contribution in [0.4, 0.5) is 0 Å². The molecule has 0 aromatic heterocycles. The molecule has 1 heterocycles. The van der Waals surface area contributed by atoms with Gasteiger partial charge in [-0.05, 0) is 12.0 Å². The van der Waals surface area contributed by atoms with Crippen molar-refractivity contribution in [3.63, 3.8) is 0 Å². The molecule has 1 aromatic rings. The summed E-state index contributed by atoms with van der Waals surface area (Å²) in [7, 11) is 0. The molecule has 0 spiro atoms. The minimum atomic E-state index is -1.48. The van der Waals surface area contributed by atoms with Crippen LogP contribution < -0.4 is 0 Å². The molecule has 0 bridgehead atoms. The molecule has 0 unspecified atom stereocenters. The van der Waals surface area contributed by atoms with Crippen molar-refractivity contribution in [3.8, 4) is 0 Å².